The maximum absolute atomic E-state index is 11.2. The Labute approximate surface area is 68.1 Å². The summed E-state index contributed by atoms with van der Waals surface area (Å²) in [7, 11) is 1.77. The van der Waals surface area contributed by atoms with E-state index in [-0.39, 0.29) is 5.91 Å². The molecule has 0 fully saturated rings. The summed E-state index contributed by atoms with van der Waals surface area (Å²) >= 11 is 0. The van der Waals surface area contributed by atoms with Crippen LogP contribution in [-0.4, -0.2) is 30.9 Å². The lowest BCUT2D eigenvalue weighted by atomic mass is 10.4. The average molecular weight is 156 g/mol. The van der Waals surface area contributed by atoms with Crippen molar-refractivity contribution >= 4 is 5.91 Å². The van der Waals surface area contributed by atoms with E-state index in [1.165, 1.54) is 6.08 Å². The van der Waals surface area contributed by atoms with Gasteiger partial charge in [-0.1, -0.05) is 0 Å². The van der Waals surface area contributed by atoms with Crippen LogP contribution in [0.1, 0.15) is 13.8 Å². The van der Waals surface area contributed by atoms with Gasteiger partial charge in [0, 0.05) is 32.4 Å². The van der Waals surface area contributed by atoms with Crippen LogP contribution in [-0.2, 0) is 4.79 Å². The molecular weight excluding hydrogens is 140 g/mol. The fourth-order valence-electron chi connectivity index (χ4n) is 0.795. The number of likely N-dealkylation sites (N-methyl/N-ethyl adjacent to an activating group) is 1. The highest BCUT2D eigenvalue weighted by Crippen LogP contribution is 1.88. The Hall–Kier alpha value is -0.990. The van der Waals surface area contributed by atoms with Gasteiger partial charge in [-0.15, -0.1) is 0 Å². The zero-order chi connectivity index (χ0) is 8.69. The molecule has 0 radical (unpaired) electrons. The molecule has 1 N–H and O–H groups in total. The Bertz CT molecular complexity index is 139. The van der Waals surface area contributed by atoms with Crippen molar-refractivity contribution in [3.05, 3.63) is 12.3 Å². The number of nitrogens with zero attached hydrogens (tertiary/aromatic N) is 1. The van der Waals surface area contributed by atoms with Crippen LogP contribution < -0.4 is 5.32 Å². The van der Waals surface area contributed by atoms with Crippen molar-refractivity contribution in [2.24, 2.45) is 0 Å². The summed E-state index contributed by atoms with van der Waals surface area (Å²) in [4.78, 5) is 12.9. The van der Waals surface area contributed by atoms with Gasteiger partial charge in [0.05, 0.1) is 0 Å². The van der Waals surface area contributed by atoms with Crippen LogP contribution in [0.25, 0.3) is 0 Å². The van der Waals surface area contributed by atoms with E-state index in [1.807, 2.05) is 13.8 Å². The fraction of sp³-hybridized carbons (Fsp3) is 0.625. The molecule has 0 saturated carbocycles. The van der Waals surface area contributed by atoms with Crippen molar-refractivity contribution in [3.8, 4) is 0 Å². The summed E-state index contributed by atoms with van der Waals surface area (Å²) in [5.74, 6) is 0.0596. The summed E-state index contributed by atoms with van der Waals surface area (Å²) in [5, 5.41) is 2.77. The van der Waals surface area contributed by atoms with Crippen molar-refractivity contribution in [3.63, 3.8) is 0 Å². The van der Waals surface area contributed by atoms with Crippen LogP contribution in [0.5, 0.6) is 0 Å². The first-order chi connectivity index (χ1) is 5.26. The highest BCUT2D eigenvalue weighted by Gasteiger charge is 2.03. The molecule has 3 nitrogen and oxygen atoms in total. The van der Waals surface area contributed by atoms with Crippen molar-refractivity contribution < 1.29 is 4.79 Å². The van der Waals surface area contributed by atoms with E-state index in [1.54, 1.807) is 18.1 Å². The second-order valence-electron chi connectivity index (χ2n) is 2.13. The van der Waals surface area contributed by atoms with Gasteiger partial charge in [-0.05, 0) is 13.8 Å². The Morgan fingerprint density at radius 2 is 2.00 bits per heavy atom. The molecule has 0 aliphatic heterocycles. The Kier molecular flexibility index (Phi) is 5.25. The minimum Gasteiger partial charge on any atom is -0.394 e. The van der Waals surface area contributed by atoms with Gasteiger partial charge < -0.3 is 10.2 Å². The third-order valence-corrected chi connectivity index (χ3v) is 1.47. The molecule has 0 unspecified atom stereocenters. The Balaban J connectivity index is 3.88. The van der Waals surface area contributed by atoms with Gasteiger partial charge in [-0.3, -0.25) is 4.79 Å². The molecule has 3 heteroatoms. The van der Waals surface area contributed by atoms with E-state index < -0.39 is 0 Å². The Morgan fingerprint density at radius 1 is 1.45 bits per heavy atom. The normalized spacial score (nSPS) is 10.1. The lowest BCUT2D eigenvalue weighted by molar-refractivity contribution is -0.125. The van der Waals surface area contributed by atoms with E-state index in [0.29, 0.717) is 0 Å². The maximum Gasteiger partial charge on any atom is 0.247 e. The van der Waals surface area contributed by atoms with Crippen LogP contribution >= 0.6 is 0 Å². The number of hydrogen-bond acceptors (Lipinski definition) is 2. The molecule has 0 aromatic rings. The third-order valence-electron chi connectivity index (χ3n) is 1.47. The van der Waals surface area contributed by atoms with Gasteiger partial charge in [0.1, 0.15) is 0 Å². The van der Waals surface area contributed by atoms with Gasteiger partial charge in [-0.25, -0.2) is 0 Å². The molecule has 0 spiro atoms. The first-order valence-electron chi connectivity index (χ1n) is 3.89. The van der Waals surface area contributed by atoms with Gasteiger partial charge in [-0.2, -0.15) is 0 Å². The number of rotatable bonds is 4. The van der Waals surface area contributed by atoms with E-state index in [2.05, 4.69) is 5.32 Å². The molecule has 1 amide bonds. The van der Waals surface area contributed by atoms with Gasteiger partial charge in [0.25, 0.3) is 0 Å². The predicted octanol–water partition coefficient (Wildman–Crippen LogP) is 0.588. The lowest BCUT2D eigenvalue weighted by Gasteiger charge is -2.15. The standard InChI is InChI=1S/C8H16N2O/c1-4-10(5-2)8(11)6-7-9-3/h6-7,9H,4-5H2,1-3H3/b7-6+. The van der Waals surface area contributed by atoms with E-state index >= 15 is 0 Å². The summed E-state index contributed by atoms with van der Waals surface area (Å²) < 4.78 is 0. The van der Waals surface area contributed by atoms with Crippen LogP contribution in [0, 0.1) is 0 Å². The quantitative estimate of drug-likeness (QED) is 0.604. The topological polar surface area (TPSA) is 32.3 Å². The first-order valence-corrected chi connectivity index (χ1v) is 3.89. The van der Waals surface area contributed by atoms with Crippen LogP contribution in [0.2, 0.25) is 0 Å². The molecule has 0 heterocycles. The SMILES string of the molecule is CCN(CC)C(=O)/C=C/NC. The molecular formula is C8H16N2O. The predicted molar refractivity (Wildman–Crippen MR) is 46.1 cm³/mol. The molecule has 0 aliphatic carbocycles. The molecule has 0 atom stereocenters. The third kappa shape index (κ3) is 3.65. The zero-order valence-corrected chi connectivity index (χ0v) is 7.42. The van der Waals surface area contributed by atoms with Gasteiger partial charge >= 0.3 is 0 Å². The van der Waals surface area contributed by atoms with Crippen molar-refractivity contribution in [2.75, 3.05) is 20.1 Å². The zero-order valence-electron chi connectivity index (χ0n) is 7.42. The molecule has 0 saturated heterocycles. The van der Waals surface area contributed by atoms with Gasteiger partial charge in [0.2, 0.25) is 5.91 Å². The molecule has 0 bridgehead atoms. The molecule has 64 valence electrons. The number of amides is 1. The number of carbonyl (C=O) groups is 1. The molecule has 0 aromatic heterocycles. The average Bonchev–Trinajstić information content (AvgIpc) is 2.03. The Morgan fingerprint density at radius 3 is 2.36 bits per heavy atom. The first kappa shape index (κ1) is 10.0. The molecule has 0 rings (SSSR count). The summed E-state index contributed by atoms with van der Waals surface area (Å²) in [6.07, 6.45) is 3.17. The molecule has 11 heavy (non-hydrogen) atoms. The monoisotopic (exact) mass is 156 g/mol. The van der Waals surface area contributed by atoms with Crippen LogP contribution in [0.3, 0.4) is 0 Å². The lowest BCUT2D eigenvalue weighted by Crippen LogP contribution is -2.28. The van der Waals surface area contributed by atoms with E-state index in [4.69, 9.17) is 0 Å². The van der Waals surface area contributed by atoms with E-state index in [9.17, 15) is 4.79 Å². The van der Waals surface area contributed by atoms with E-state index in [0.717, 1.165) is 13.1 Å². The number of nitrogens with one attached hydrogen (secondary N) is 1. The van der Waals surface area contributed by atoms with Gasteiger partial charge in [0.15, 0.2) is 0 Å². The molecule has 0 aliphatic rings. The summed E-state index contributed by atoms with van der Waals surface area (Å²) in [6.45, 7) is 5.47. The van der Waals surface area contributed by atoms with Crippen LogP contribution in [0.4, 0.5) is 0 Å². The highest BCUT2D eigenvalue weighted by molar-refractivity contribution is 5.87. The van der Waals surface area contributed by atoms with Crippen molar-refractivity contribution in [2.45, 2.75) is 13.8 Å². The minimum atomic E-state index is 0.0596. The van der Waals surface area contributed by atoms with Crippen molar-refractivity contribution in [1.29, 1.82) is 0 Å². The summed E-state index contributed by atoms with van der Waals surface area (Å²) in [6, 6.07) is 0. The molecule has 0 aromatic carbocycles. The number of hydrogen-bond donors (Lipinski definition) is 1. The second kappa shape index (κ2) is 5.77. The van der Waals surface area contributed by atoms with Crippen LogP contribution in [0.15, 0.2) is 12.3 Å². The highest BCUT2D eigenvalue weighted by atomic mass is 16.2. The maximum atomic E-state index is 11.2. The smallest absolute Gasteiger partial charge is 0.247 e. The minimum absolute atomic E-state index is 0.0596. The van der Waals surface area contributed by atoms with Crippen molar-refractivity contribution in [1.82, 2.24) is 10.2 Å². The summed E-state index contributed by atoms with van der Waals surface area (Å²) in [5.41, 5.74) is 0. The second-order valence-corrected chi connectivity index (χ2v) is 2.13. The number of carbonyl (C=O) groups excluding carboxylic acids is 1. The largest absolute Gasteiger partial charge is 0.394 e. The fourth-order valence-corrected chi connectivity index (χ4v) is 0.795.